The second-order valence-electron chi connectivity index (χ2n) is 10.3. The highest BCUT2D eigenvalue weighted by Crippen LogP contribution is 2.22. The first-order valence-electron chi connectivity index (χ1n) is 13.2. The van der Waals surface area contributed by atoms with Crippen LogP contribution in [0.5, 0.6) is 0 Å². The number of imidazole rings is 1. The number of ether oxygens (including phenoxy) is 1. The molecule has 0 unspecified atom stereocenters. The molecule has 0 atom stereocenters. The van der Waals surface area contributed by atoms with Crippen LogP contribution in [0.3, 0.4) is 0 Å². The van der Waals surface area contributed by atoms with Crippen molar-refractivity contribution in [2.75, 3.05) is 39.4 Å². The number of nitrogens with zero attached hydrogens (tertiary/aromatic N) is 4. The Labute approximate surface area is 226 Å². The Morgan fingerprint density at radius 2 is 1.74 bits per heavy atom. The van der Waals surface area contributed by atoms with Crippen LogP contribution in [0, 0.1) is 12.8 Å². The number of carbonyl (C=O) groups is 1. The largest absolute Gasteiger partial charge is 0.379 e. The fourth-order valence-corrected chi connectivity index (χ4v) is 6.27. The van der Waals surface area contributed by atoms with E-state index < -0.39 is 9.84 Å². The summed E-state index contributed by atoms with van der Waals surface area (Å²) in [5.74, 6) is 0.000208. The summed E-state index contributed by atoms with van der Waals surface area (Å²) in [5.41, 5.74) is 3.02. The Hall–Kier alpha value is -3.01. The summed E-state index contributed by atoms with van der Waals surface area (Å²) in [6.45, 7) is 11.1. The molecule has 1 amide bonds. The standard InChI is InChI=1S/C29H38N4O4S/c1-23(2)20-33-27(19-30-29(33)38(35,36)22-26-12-8-7-9-24(26)3)21-32(14-13-31-15-17-37-18-16-31)28(34)25-10-5-4-6-11-25/h4-12,19,23H,13-18,20-22H2,1-3H3. The van der Waals surface area contributed by atoms with Gasteiger partial charge in [0.2, 0.25) is 15.0 Å². The van der Waals surface area contributed by atoms with Crippen molar-refractivity contribution in [3.8, 4) is 0 Å². The van der Waals surface area contributed by atoms with E-state index in [1.54, 1.807) is 15.7 Å². The van der Waals surface area contributed by atoms with E-state index in [0.717, 1.165) is 30.8 Å². The SMILES string of the molecule is Cc1ccccc1CS(=O)(=O)c1ncc(CN(CCN2CCOCC2)C(=O)c2ccccc2)n1CC(C)C. The zero-order valence-electron chi connectivity index (χ0n) is 22.5. The van der Waals surface area contributed by atoms with Crippen LogP contribution in [0.4, 0.5) is 0 Å². The monoisotopic (exact) mass is 538 g/mol. The molecule has 0 spiro atoms. The molecule has 0 bridgehead atoms. The molecule has 0 N–H and O–H groups in total. The van der Waals surface area contributed by atoms with Crippen LogP contribution in [0.2, 0.25) is 0 Å². The molecule has 3 aromatic rings. The molecule has 0 aliphatic carbocycles. The van der Waals surface area contributed by atoms with Crippen molar-refractivity contribution in [2.45, 2.75) is 44.8 Å². The highest BCUT2D eigenvalue weighted by Gasteiger charge is 2.27. The Bertz CT molecular complexity index is 1320. The Morgan fingerprint density at radius 3 is 2.42 bits per heavy atom. The minimum absolute atomic E-state index is 0.0599. The molecule has 0 radical (unpaired) electrons. The summed E-state index contributed by atoms with van der Waals surface area (Å²) in [6, 6.07) is 16.7. The molecule has 2 aromatic carbocycles. The van der Waals surface area contributed by atoms with E-state index in [1.807, 2.05) is 75.4 Å². The molecule has 1 aliphatic heterocycles. The normalized spacial score (nSPS) is 14.6. The number of benzene rings is 2. The molecule has 38 heavy (non-hydrogen) atoms. The molecule has 204 valence electrons. The minimum Gasteiger partial charge on any atom is -0.379 e. The average Bonchev–Trinajstić information content (AvgIpc) is 3.30. The van der Waals surface area contributed by atoms with E-state index in [9.17, 15) is 13.2 Å². The van der Waals surface area contributed by atoms with Crippen LogP contribution in [-0.2, 0) is 33.4 Å². The lowest BCUT2D eigenvalue weighted by atomic mass is 10.1. The maximum Gasteiger partial charge on any atom is 0.254 e. The third-order valence-electron chi connectivity index (χ3n) is 6.78. The molecule has 0 saturated carbocycles. The summed E-state index contributed by atoms with van der Waals surface area (Å²) in [4.78, 5) is 22.1. The maximum absolute atomic E-state index is 13.6. The van der Waals surface area contributed by atoms with Gasteiger partial charge in [0.1, 0.15) is 0 Å². The highest BCUT2D eigenvalue weighted by atomic mass is 32.2. The zero-order valence-corrected chi connectivity index (χ0v) is 23.4. The maximum atomic E-state index is 13.6. The number of hydrogen-bond acceptors (Lipinski definition) is 6. The lowest BCUT2D eigenvalue weighted by Gasteiger charge is -2.30. The molecule has 1 aromatic heterocycles. The molecular weight excluding hydrogens is 500 g/mol. The molecule has 2 heterocycles. The van der Waals surface area contributed by atoms with Gasteiger partial charge in [-0.25, -0.2) is 13.4 Å². The first kappa shape index (κ1) is 28.0. The van der Waals surface area contributed by atoms with E-state index >= 15 is 0 Å². The van der Waals surface area contributed by atoms with Gasteiger partial charge in [0.15, 0.2) is 0 Å². The topological polar surface area (TPSA) is 84.7 Å². The zero-order chi connectivity index (χ0) is 27.1. The molecule has 1 saturated heterocycles. The van der Waals surface area contributed by atoms with Gasteiger partial charge in [-0.2, -0.15) is 0 Å². The average molecular weight is 539 g/mol. The van der Waals surface area contributed by atoms with Gasteiger partial charge in [0.25, 0.3) is 5.91 Å². The number of carbonyl (C=O) groups excluding carboxylic acids is 1. The van der Waals surface area contributed by atoms with Crippen LogP contribution in [0.25, 0.3) is 0 Å². The predicted molar refractivity (Wildman–Crippen MR) is 148 cm³/mol. The van der Waals surface area contributed by atoms with Crippen molar-refractivity contribution in [3.63, 3.8) is 0 Å². The fraction of sp³-hybridized carbons (Fsp3) is 0.448. The van der Waals surface area contributed by atoms with Gasteiger partial charge in [0.05, 0.1) is 37.4 Å². The Balaban J connectivity index is 1.63. The molecule has 8 nitrogen and oxygen atoms in total. The van der Waals surface area contributed by atoms with Crippen LogP contribution in [0.15, 0.2) is 66.0 Å². The highest BCUT2D eigenvalue weighted by molar-refractivity contribution is 7.90. The van der Waals surface area contributed by atoms with Gasteiger partial charge in [-0.15, -0.1) is 0 Å². The van der Waals surface area contributed by atoms with E-state index in [1.165, 1.54) is 0 Å². The smallest absolute Gasteiger partial charge is 0.254 e. The van der Waals surface area contributed by atoms with Crippen molar-refractivity contribution < 1.29 is 17.9 Å². The van der Waals surface area contributed by atoms with Gasteiger partial charge in [0, 0.05) is 38.3 Å². The van der Waals surface area contributed by atoms with Crippen molar-refractivity contribution in [1.29, 1.82) is 0 Å². The summed E-state index contributed by atoms with van der Waals surface area (Å²) >= 11 is 0. The Kier molecular flexibility index (Phi) is 9.35. The summed E-state index contributed by atoms with van der Waals surface area (Å²) < 4.78 is 34.4. The van der Waals surface area contributed by atoms with E-state index in [2.05, 4.69) is 9.88 Å². The predicted octanol–water partition coefficient (Wildman–Crippen LogP) is 3.80. The molecule has 1 fully saturated rings. The molecular formula is C29H38N4O4S. The Morgan fingerprint density at radius 1 is 1.05 bits per heavy atom. The van der Waals surface area contributed by atoms with Crippen LogP contribution in [-0.4, -0.2) is 73.1 Å². The quantitative estimate of drug-likeness (QED) is 0.369. The van der Waals surface area contributed by atoms with Gasteiger partial charge < -0.3 is 14.2 Å². The van der Waals surface area contributed by atoms with Crippen molar-refractivity contribution in [2.24, 2.45) is 5.92 Å². The summed E-state index contributed by atoms with van der Waals surface area (Å²) in [7, 11) is -3.70. The van der Waals surface area contributed by atoms with Crippen molar-refractivity contribution in [1.82, 2.24) is 19.4 Å². The van der Waals surface area contributed by atoms with E-state index in [4.69, 9.17) is 4.74 Å². The number of aryl methyl sites for hydroxylation is 1. The van der Waals surface area contributed by atoms with Crippen LogP contribution < -0.4 is 0 Å². The van der Waals surface area contributed by atoms with E-state index in [0.29, 0.717) is 37.6 Å². The molecule has 1 aliphatic rings. The summed E-state index contributed by atoms with van der Waals surface area (Å²) in [6.07, 6.45) is 1.62. The van der Waals surface area contributed by atoms with Crippen molar-refractivity contribution in [3.05, 3.63) is 83.2 Å². The number of rotatable bonds is 11. The number of morpholine rings is 1. The summed E-state index contributed by atoms with van der Waals surface area (Å²) in [5, 5.41) is 0.0599. The number of amides is 1. The van der Waals surface area contributed by atoms with Gasteiger partial charge in [-0.05, 0) is 36.1 Å². The first-order chi connectivity index (χ1) is 18.2. The number of aromatic nitrogens is 2. The molecule has 4 rings (SSSR count). The third-order valence-corrected chi connectivity index (χ3v) is 8.36. The fourth-order valence-electron chi connectivity index (χ4n) is 4.67. The van der Waals surface area contributed by atoms with Crippen molar-refractivity contribution >= 4 is 15.7 Å². The van der Waals surface area contributed by atoms with Gasteiger partial charge >= 0.3 is 0 Å². The second kappa shape index (κ2) is 12.7. The van der Waals surface area contributed by atoms with Crippen LogP contribution >= 0.6 is 0 Å². The second-order valence-corrected chi connectivity index (χ2v) is 12.2. The van der Waals surface area contributed by atoms with Gasteiger partial charge in [-0.3, -0.25) is 9.69 Å². The minimum atomic E-state index is -3.70. The number of sulfone groups is 1. The third kappa shape index (κ3) is 7.09. The van der Waals surface area contributed by atoms with Gasteiger partial charge in [-0.1, -0.05) is 56.3 Å². The van der Waals surface area contributed by atoms with Crippen LogP contribution in [0.1, 0.15) is 41.0 Å². The lowest BCUT2D eigenvalue weighted by molar-refractivity contribution is 0.0319. The first-order valence-corrected chi connectivity index (χ1v) is 14.9. The lowest BCUT2D eigenvalue weighted by Crippen LogP contribution is -2.43. The molecule has 9 heteroatoms. The van der Waals surface area contributed by atoms with E-state index in [-0.39, 0.29) is 29.3 Å². The number of hydrogen-bond donors (Lipinski definition) is 0.